The molecule has 2 heteroatoms. The minimum atomic E-state index is -0.526. The quantitative estimate of drug-likeness (QED) is 0.817. The highest BCUT2D eigenvalue weighted by atomic mass is 16.5. The van der Waals surface area contributed by atoms with Gasteiger partial charge in [0.1, 0.15) is 0 Å². The van der Waals surface area contributed by atoms with E-state index in [1.807, 2.05) is 0 Å². The van der Waals surface area contributed by atoms with Crippen LogP contribution in [0.3, 0.4) is 0 Å². The highest BCUT2D eigenvalue weighted by molar-refractivity contribution is 5.19. The lowest BCUT2D eigenvalue weighted by Gasteiger charge is -2.54. The van der Waals surface area contributed by atoms with Gasteiger partial charge in [-0.05, 0) is 48.3 Å². The molecule has 2 aliphatic carbocycles. The Morgan fingerprint density at radius 2 is 2.00 bits per heavy atom. The Morgan fingerprint density at radius 1 is 1.35 bits per heavy atom. The largest absolute Gasteiger partial charge is 0.388 e. The molecule has 0 aromatic rings. The molecule has 2 bridgehead atoms. The van der Waals surface area contributed by atoms with Crippen molar-refractivity contribution in [3.8, 4) is 0 Å². The van der Waals surface area contributed by atoms with E-state index in [0.717, 1.165) is 13.0 Å². The summed E-state index contributed by atoms with van der Waals surface area (Å²) < 4.78 is 5.19. The standard InChI is InChI=1S/C15H28O2/c1-11(7-9-17-5)15(16)13(2,3)12-6-8-14(15,4)10-12/h11-12,16H,6-10H2,1-5H3. The Bertz CT molecular complexity index is 293. The van der Waals surface area contributed by atoms with E-state index in [2.05, 4.69) is 27.7 Å². The van der Waals surface area contributed by atoms with Crippen molar-refractivity contribution >= 4 is 0 Å². The van der Waals surface area contributed by atoms with Crippen LogP contribution in [0.4, 0.5) is 0 Å². The maximum Gasteiger partial charge on any atom is 0.0780 e. The second-order valence-electron chi connectivity index (χ2n) is 7.17. The van der Waals surface area contributed by atoms with Crippen LogP contribution < -0.4 is 0 Å². The Morgan fingerprint density at radius 3 is 2.47 bits per heavy atom. The predicted octanol–water partition coefficient (Wildman–Crippen LogP) is 3.24. The summed E-state index contributed by atoms with van der Waals surface area (Å²) >= 11 is 0. The molecule has 2 saturated carbocycles. The second kappa shape index (κ2) is 3.96. The molecular formula is C15H28O2. The van der Waals surface area contributed by atoms with Gasteiger partial charge in [0.15, 0.2) is 0 Å². The normalized spacial score (nSPS) is 45.2. The van der Waals surface area contributed by atoms with Crippen LogP contribution >= 0.6 is 0 Å². The fourth-order valence-corrected chi connectivity index (χ4v) is 5.03. The maximum atomic E-state index is 11.4. The van der Waals surface area contributed by atoms with Crippen molar-refractivity contribution in [1.29, 1.82) is 0 Å². The molecule has 2 aliphatic rings. The molecule has 2 fully saturated rings. The van der Waals surface area contributed by atoms with Gasteiger partial charge in [0.2, 0.25) is 0 Å². The smallest absolute Gasteiger partial charge is 0.0780 e. The first-order valence-electron chi connectivity index (χ1n) is 7.01. The van der Waals surface area contributed by atoms with Crippen molar-refractivity contribution in [2.45, 2.75) is 59.0 Å². The van der Waals surface area contributed by atoms with Crippen LogP contribution in [0.5, 0.6) is 0 Å². The summed E-state index contributed by atoms with van der Waals surface area (Å²) in [6, 6.07) is 0. The number of methoxy groups -OCH3 is 1. The Hall–Kier alpha value is -0.0800. The first-order chi connectivity index (χ1) is 7.79. The van der Waals surface area contributed by atoms with Crippen LogP contribution in [0.15, 0.2) is 0 Å². The lowest BCUT2D eigenvalue weighted by molar-refractivity contribution is -0.179. The predicted molar refractivity (Wildman–Crippen MR) is 69.8 cm³/mol. The first kappa shape index (κ1) is 13.4. The summed E-state index contributed by atoms with van der Waals surface area (Å²) in [6.45, 7) is 9.79. The van der Waals surface area contributed by atoms with E-state index >= 15 is 0 Å². The van der Waals surface area contributed by atoms with E-state index in [9.17, 15) is 5.11 Å². The molecule has 0 aliphatic heterocycles. The van der Waals surface area contributed by atoms with E-state index in [4.69, 9.17) is 4.74 Å². The highest BCUT2D eigenvalue weighted by Crippen LogP contribution is 2.70. The van der Waals surface area contributed by atoms with Crippen LogP contribution in [-0.2, 0) is 4.74 Å². The van der Waals surface area contributed by atoms with Crippen LogP contribution in [0.1, 0.15) is 53.4 Å². The van der Waals surface area contributed by atoms with E-state index in [0.29, 0.717) is 11.8 Å². The lowest BCUT2D eigenvalue weighted by atomic mass is 9.55. The molecule has 17 heavy (non-hydrogen) atoms. The third-order valence-corrected chi connectivity index (χ3v) is 6.13. The molecule has 1 N–H and O–H groups in total. The fraction of sp³-hybridized carbons (Fsp3) is 1.00. The maximum absolute atomic E-state index is 11.4. The summed E-state index contributed by atoms with van der Waals surface area (Å²) in [6.07, 6.45) is 4.64. The van der Waals surface area contributed by atoms with Crippen molar-refractivity contribution < 1.29 is 9.84 Å². The van der Waals surface area contributed by atoms with Gasteiger partial charge >= 0.3 is 0 Å². The number of fused-ring (bicyclic) bond motifs is 2. The van der Waals surface area contributed by atoms with Crippen molar-refractivity contribution in [2.75, 3.05) is 13.7 Å². The zero-order valence-electron chi connectivity index (χ0n) is 12.0. The van der Waals surface area contributed by atoms with E-state index in [1.54, 1.807) is 7.11 Å². The molecule has 0 aromatic heterocycles. The van der Waals surface area contributed by atoms with Gasteiger partial charge in [0.05, 0.1) is 5.60 Å². The summed E-state index contributed by atoms with van der Waals surface area (Å²) in [5.74, 6) is 1.01. The van der Waals surface area contributed by atoms with Gasteiger partial charge in [-0.15, -0.1) is 0 Å². The second-order valence-corrected chi connectivity index (χ2v) is 7.17. The van der Waals surface area contributed by atoms with Crippen LogP contribution in [0, 0.1) is 22.7 Å². The Labute approximate surface area is 106 Å². The minimum absolute atomic E-state index is 0.0488. The minimum Gasteiger partial charge on any atom is -0.388 e. The molecular weight excluding hydrogens is 212 g/mol. The molecule has 4 unspecified atom stereocenters. The summed E-state index contributed by atoms with van der Waals surface area (Å²) in [5, 5.41) is 11.4. The molecule has 0 heterocycles. The van der Waals surface area contributed by atoms with Gasteiger partial charge in [-0.2, -0.15) is 0 Å². The summed E-state index contributed by atoms with van der Waals surface area (Å²) in [7, 11) is 1.74. The third kappa shape index (κ3) is 1.53. The molecule has 2 rings (SSSR count). The van der Waals surface area contributed by atoms with Gasteiger partial charge in [0, 0.05) is 13.7 Å². The molecule has 0 radical (unpaired) electrons. The lowest BCUT2D eigenvalue weighted by Crippen LogP contribution is -2.58. The Kier molecular flexibility index (Phi) is 3.11. The number of aliphatic hydroxyl groups is 1. The average Bonchev–Trinajstić information content (AvgIpc) is 2.73. The van der Waals surface area contributed by atoms with Gasteiger partial charge in [-0.3, -0.25) is 0 Å². The molecule has 0 spiro atoms. The SMILES string of the molecule is COCCC(C)C1(O)C2(C)CCC(C2)C1(C)C. The van der Waals surface area contributed by atoms with Crippen molar-refractivity contribution in [2.24, 2.45) is 22.7 Å². The number of hydrogen-bond acceptors (Lipinski definition) is 2. The zero-order valence-corrected chi connectivity index (χ0v) is 12.0. The van der Waals surface area contributed by atoms with E-state index < -0.39 is 5.60 Å². The molecule has 0 aromatic carbocycles. The van der Waals surface area contributed by atoms with Gasteiger partial charge in [-0.25, -0.2) is 0 Å². The van der Waals surface area contributed by atoms with Crippen LogP contribution in [0.2, 0.25) is 0 Å². The van der Waals surface area contributed by atoms with E-state index in [-0.39, 0.29) is 10.8 Å². The highest BCUT2D eigenvalue weighted by Gasteiger charge is 2.69. The van der Waals surface area contributed by atoms with Crippen LogP contribution in [0.25, 0.3) is 0 Å². The van der Waals surface area contributed by atoms with Crippen molar-refractivity contribution in [3.63, 3.8) is 0 Å². The van der Waals surface area contributed by atoms with Gasteiger partial charge < -0.3 is 9.84 Å². The Balaban J connectivity index is 2.27. The third-order valence-electron chi connectivity index (χ3n) is 6.13. The zero-order chi connectivity index (χ0) is 12.9. The van der Waals surface area contributed by atoms with Gasteiger partial charge in [0.25, 0.3) is 0 Å². The average molecular weight is 240 g/mol. The van der Waals surface area contributed by atoms with Crippen LogP contribution in [-0.4, -0.2) is 24.4 Å². The molecule has 100 valence electrons. The van der Waals surface area contributed by atoms with E-state index in [1.165, 1.54) is 19.3 Å². The molecule has 0 saturated heterocycles. The van der Waals surface area contributed by atoms with Gasteiger partial charge in [-0.1, -0.05) is 27.7 Å². The fourth-order valence-electron chi connectivity index (χ4n) is 5.03. The summed E-state index contributed by atoms with van der Waals surface area (Å²) in [5.41, 5.74) is -0.358. The molecule has 2 nitrogen and oxygen atoms in total. The van der Waals surface area contributed by atoms with Crippen molar-refractivity contribution in [3.05, 3.63) is 0 Å². The molecule has 4 atom stereocenters. The number of hydrogen-bond donors (Lipinski definition) is 1. The number of ether oxygens (including phenoxy) is 1. The van der Waals surface area contributed by atoms with Crippen molar-refractivity contribution in [1.82, 2.24) is 0 Å². The number of rotatable bonds is 4. The topological polar surface area (TPSA) is 29.5 Å². The first-order valence-corrected chi connectivity index (χ1v) is 7.01. The monoisotopic (exact) mass is 240 g/mol. The molecule has 0 amide bonds. The summed E-state index contributed by atoms with van der Waals surface area (Å²) in [4.78, 5) is 0.